The van der Waals surface area contributed by atoms with E-state index in [1.807, 2.05) is 12.1 Å². The summed E-state index contributed by atoms with van der Waals surface area (Å²) in [6, 6.07) is 3.18. The van der Waals surface area contributed by atoms with Crippen molar-refractivity contribution in [1.29, 1.82) is 0 Å². The molecule has 1 aliphatic heterocycles. The molecule has 0 bridgehead atoms. The Labute approximate surface area is 129 Å². The molecule has 0 amide bonds. The number of rotatable bonds is 4. The number of nitrogens with zero attached hydrogens (tertiary/aromatic N) is 4. The van der Waals surface area contributed by atoms with Gasteiger partial charge in [-0.2, -0.15) is 4.31 Å². The van der Waals surface area contributed by atoms with Gasteiger partial charge in [-0.25, -0.2) is 13.4 Å². The van der Waals surface area contributed by atoms with Gasteiger partial charge in [-0.05, 0) is 30.5 Å². The van der Waals surface area contributed by atoms with Crippen LogP contribution in [0.5, 0.6) is 0 Å². The maximum absolute atomic E-state index is 12.7. The fourth-order valence-electron chi connectivity index (χ4n) is 2.75. The summed E-state index contributed by atoms with van der Waals surface area (Å²) < 4.78 is 28.4. The predicted molar refractivity (Wildman–Crippen MR) is 79.5 cm³/mol. The average molecular weight is 322 g/mol. The first-order valence-electron chi connectivity index (χ1n) is 7.05. The molecule has 7 nitrogen and oxygen atoms in total. The molecule has 22 heavy (non-hydrogen) atoms. The zero-order valence-electron chi connectivity index (χ0n) is 12.2. The molecule has 2 aromatic heterocycles. The molecule has 0 aromatic carbocycles. The van der Waals surface area contributed by atoms with Crippen LogP contribution in [0.25, 0.3) is 0 Å². The number of imidazole rings is 1. The van der Waals surface area contributed by atoms with Crippen LogP contribution in [0.3, 0.4) is 0 Å². The first-order valence-corrected chi connectivity index (χ1v) is 8.49. The highest BCUT2D eigenvalue weighted by Gasteiger charge is 2.41. The minimum atomic E-state index is -3.69. The molecule has 1 saturated heterocycles. The van der Waals surface area contributed by atoms with E-state index in [4.69, 9.17) is 0 Å². The number of aliphatic hydroxyl groups excluding tert-OH is 1. The van der Waals surface area contributed by atoms with Crippen molar-refractivity contribution >= 4 is 10.0 Å². The van der Waals surface area contributed by atoms with Crippen LogP contribution >= 0.6 is 0 Å². The summed E-state index contributed by atoms with van der Waals surface area (Å²) in [6.45, 7) is 0.301. The zero-order valence-corrected chi connectivity index (χ0v) is 13.0. The Balaban J connectivity index is 1.88. The van der Waals surface area contributed by atoms with Gasteiger partial charge >= 0.3 is 0 Å². The Hall–Kier alpha value is -1.77. The van der Waals surface area contributed by atoms with E-state index in [1.54, 1.807) is 24.0 Å². The number of sulfonamides is 1. The number of hydrogen-bond donors (Lipinski definition) is 1. The third kappa shape index (κ3) is 2.77. The molecule has 2 aromatic rings. The average Bonchev–Trinajstić information content (AvgIpc) is 3.08. The summed E-state index contributed by atoms with van der Waals surface area (Å²) in [5.41, 5.74) is 0.946. The van der Waals surface area contributed by atoms with E-state index in [0.29, 0.717) is 19.4 Å². The molecule has 0 spiro atoms. The highest BCUT2D eigenvalue weighted by Crippen LogP contribution is 2.27. The van der Waals surface area contributed by atoms with E-state index in [9.17, 15) is 13.5 Å². The van der Waals surface area contributed by atoms with Gasteiger partial charge in [0, 0.05) is 32.2 Å². The van der Waals surface area contributed by atoms with Crippen molar-refractivity contribution in [2.75, 3.05) is 6.54 Å². The lowest BCUT2D eigenvalue weighted by atomic mass is 10.0. The number of aliphatic hydroxyl groups is 1. The van der Waals surface area contributed by atoms with Crippen molar-refractivity contribution in [3.63, 3.8) is 0 Å². The third-order valence-corrected chi connectivity index (χ3v) is 5.72. The summed E-state index contributed by atoms with van der Waals surface area (Å²) >= 11 is 0. The molecule has 2 atom stereocenters. The van der Waals surface area contributed by atoms with Gasteiger partial charge < -0.3 is 9.67 Å². The van der Waals surface area contributed by atoms with Gasteiger partial charge in [0.2, 0.25) is 0 Å². The second kappa shape index (κ2) is 5.79. The van der Waals surface area contributed by atoms with Gasteiger partial charge in [-0.3, -0.25) is 4.98 Å². The quantitative estimate of drug-likeness (QED) is 0.867. The van der Waals surface area contributed by atoms with Gasteiger partial charge in [0.05, 0.1) is 18.5 Å². The molecule has 1 N–H and O–H groups in total. The molecule has 0 radical (unpaired) electrons. The molecule has 0 aliphatic carbocycles. The topological polar surface area (TPSA) is 88.3 Å². The third-order valence-electron chi connectivity index (χ3n) is 3.91. The summed E-state index contributed by atoms with van der Waals surface area (Å²) in [6.07, 6.45) is 6.47. The summed E-state index contributed by atoms with van der Waals surface area (Å²) in [5, 5.41) is 10.2. The van der Waals surface area contributed by atoms with E-state index in [1.165, 1.54) is 16.8 Å². The lowest BCUT2D eigenvalue weighted by molar-refractivity contribution is 0.141. The second-order valence-corrected chi connectivity index (χ2v) is 7.31. The van der Waals surface area contributed by atoms with E-state index >= 15 is 0 Å². The minimum Gasteiger partial charge on any atom is -0.391 e. The van der Waals surface area contributed by atoms with Gasteiger partial charge in [-0.1, -0.05) is 0 Å². The lowest BCUT2D eigenvalue weighted by Gasteiger charge is -2.24. The van der Waals surface area contributed by atoms with Crippen molar-refractivity contribution in [2.24, 2.45) is 7.05 Å². The molecule has 3 rings (SSSR count). The molecule has 8 heteroatoms. The molecule has 0 unspecified atom stereocenters. The zero-order chi connectivity index (χ0) is 15.7. The fourth-order valence-corrected chi connectivity index (χ4v) is 4.39. The van der Waals surface area contributed by atoms with E-state index < -0.39 is 22.2 Å². The number of hydrogen-bond acceptors (Lipinski definition) is 5. The molecule has 1 aliphatic rings. The summed E-state index contributed by atoms with van der Waals surface area (Å²) in [7, 11) is -1.97. The number of aromatic nitrogens is 3. The smallest absolute Gasteiger partial charge is 0.262 e. The fraction of sp³-hybridized carbons (Fsp3) is 0.429. The maximum atomic E-state index is 12.7. The number of pyridine rings is 1. The van der Waals surface area contributed by atoms with Crippen molar-refractivity contribution in [3.05, 3.63) is 42.6 Å². The predicted octanol–water partition coefficient (Wildman–Crippen LogP) is 0.182. The van der Waals surface area contributed by atoms with Crippen LogP contribution in [0, 0.1) is 0 Å². The second-order valence-electron chi connectivity index (χ2n) is 5.48. The monoisotopic (exact) mass is 322 g/mol. The van der Waals surface area contributed by atoms with Crippen molar-refractivity contribution in [2.45, 2.75) is 30.0 Å². The largest absolute Gasteiger partial charge is 0.391 e. The highest BCUT2D eigenvalue weighted by atomic mass is 32.2. The Morgan fingerprint density at radius 1 is 1.36 bits per heavy atom. The van der Waals surface area contributed by atoms with Crippen LogP contribution in [-0.4, -0.2) is 51.1 Å². The van der Waals surface area contributed by atoms with Crippen LogP contribution in [-0.2, 0) is 23.5 Å². The van der Waals surface area contributed by atoms with Crippen LogP contribution in [0.15, 0.2) is 42.1 Å². The first kappa shape index (κ1) is 15.1. The standard InChI is InChI=1S/C14H18N4O3S/c1-17-9-14(16-10-17)22(20,21)18-7-4-13(19)12(18)8-11-2-5-15-6-3-11/h2-3,5-6,9-10,12-13,19H,4,7-8H2,1H3/t12-,13+/m0/s1. The van der Waals surface area contributed by atoms with E-state index in [-0.39, 0.29) is 5.03 Å². The normalized spacial score (nSPS) is 23.0. The van der Waals surface area contributed by atoms with Crippen LogP contribution in [0.2, 0.25) is 0 Å². The van der Waals surface area contributed by atoms with Gasteiger partial charge in [-0.15, -0.1) is 0 Å². The van der Waals surface area contributed by atoms with Gasteiger partial charge in [0.25, 0.3) is 10.0 Å². The summed E-state index contributed by atoms with van der Waals surface area (Å²) in [4.78, 5) is 7.89. The Kier molecular flexibility index (Phi) is 3.98. The lowest BCUT2D eigenvalue weighted by Crippen LogP contribution is -2.41. The summed E-state index contributed by atoms with van der Waals surface area (Å²) in [5.74, 6) is 0. The Bertz CT molecular complexity index is 744. The van der Waals surface area contributed by atoms with Crippen LogP contribution < -0.4 is 0 Å². The Morgan fingerprint density at radius 3 is 2.73 bits per heavy atom. The highest BCUT2D eigenvalue weighted by molar-refractivity contribution is 7.89. The first-order chi connectivity index (χ1) is 10.5. The molecule has 1 fully saturated rings. The molecular formula is C14H18N4O3S. The minimum absolute atomic E-state index is 0.0174. The molecule has 0 saturated carbocycles. The van der Waals surface area contributed by atoms with E-state index in [0.717, 1.165) is 5.56 Å². The van der Waals surface area contributed by atoms with Crippen LogP contribution in [0.1, 0.15) is 12.0 Å². The molecular weight excluding hydrogens is 304 g/mol. The Morgan fingerprint density at radius 2 is 2.09 bits per heavy atom. The van der Waals surface area contributed by atoms with Crippen molar-refractivity contribution in [1.82, 2.24) is 18.8 Å². The maximum Gasteiger partial charge on any atom is 0.262 e. The van der Waals surface area contributed by atoms with E-state index in [2.05, 4.69) is 9.97 Å². The van der Waals surface area contributed by atoms with Crippen molar-refractivity contribution < 1.29 is 13.5 Å². The SMILES string of the molecule is Cn1cnc(S(=O)(=O)N2CC[C@@H](O)[C@@H]2Cc2ccncc2)c1. The number of aryl methyl sites for hydroxylation is 1. The van der Waals surface area contributed by atoms with Gasteiger partial charge in [0.15, 0.2) is 5.03 Å². The molecule has 3 heterocycles. The van der Waals surface area contributed by atoms with Crippen LogP contribution in [0.4, 0.5) is 0 Å². The van der Waals surface area contributed by atoms with Crippen molar-refractivity contribution in [3.8, 4) is 0 Å². The molecule has 118 valence electrons. The van der Waals surface area contributed by atoms with Gasteiger partial charge in [0.1, 0.15) is 0 Å².